The van der Waals surface area contributed by atoms with Crippen molar-refractivity contribution in [2.24, 2.45) is 34.2 Å². The molecule has 844 valence electrons. The molecule has 147 heavy (non-hydrogen) atoms. The van der Waals surface area contributed by atoms with Gasteiger partial charge in [-0.1, -0.05) is 275 Å². The Hall–Kier alpha value is -6.23. The molecule has 0 bridgehead atoms. The Balaban J connectivity index is -0.000000314. The van der Waals surface area contributed by atoms with Crippen molar-refractivity contribution in [3.05, 3.63) is 104 Å². The number of phenolic OH excluding ortho intramolecular Hbond substituents is 4. The fourth-order valence-corrected chi connectivity index (χ4v) is 22.5. The van der Waals surface area contributed by atoms with Crippen LogP contribution in [-0.2, 0) is 93.6 Å². The number of rotatable bonds is 41. The molecule has 11 atom stereocenters. The molecular formula is C99H175Co2N8O28P8Si2+. The normalized spacial score (nSPS) is 15.0. The molecule has 2 fully saturated rings. The van der Waals surface area contributed by atoms with Gasteiger partial charge in [-0.2, -0.15) is 0 Å². The molecule has 2 radical (unpaired) electrons. The number of aromatic hydroxyl groups is 4. The van der Waals surface area contributed by atoms with Gasteiger partial charge < -0.3 is 102 Å². The zero-order valence-corrected chi connectivity index (χ0v) is 99.6. The topological polar surface area (TPSA) is 652 Å². The maximum atomic E-state index is 11.7. The molecule has 0 heterocycles. The van der Waals surface area contributed by atoms with Gasteiger partial charge in [-0.25, -0.2) is 38.4 Å². The zero-order chi connectivity index (χ0) is 111. The minimum Gasteiger partial charge on any atom is -0.507 e. The number of hydrogen-bond donors (Lipinski definition) is 21. The number of unbranched alkanes of at least 4 members (excludes halogenated alkanes) is 2. The van der Waals surface area contributed by atoms with Crippen LogP contribution in [0.25, 0.3) is 0 Å². The predicted octanol–water partition coefficient (Wildman–Crippen LogP) is 19.0. The van der Waals surface area contributed by atoms with Crippen LogP contribution in [0.3, 0.4) is 0 Å². The molecule has 2 aliphatic rings. The van der Waals surface area contributed by atoms with Gasteiger partial charge in [-0.05, 0) is 139 Å². The maximum absolute atomic E-state index is 11.7. The first-order chi connectivity index (χ1) is 66.6. The number of aliphatic hydroxyl groups excluding tert-OH is 8. The molecule has 6 rings (SSSR count). The number of carboxylic acid groups (broad SMARTS) is 8. The van der Waals surface area contributed by atoms with Crippen LogP contribution < -0.4 is 10.4 Å². The largest absolute Gasteiger partial charge is 0.507 e. The fourth-order valence-electron chi connectivity index (χ4n) is 14.4. The molecule has 0 spiro atoms. The van der Waals surface area contributed by atoms with Crippen LogP contribution in [0, 0.1) is 5.16 Å². The quantitative estimate of drug-likeness (QED) is 0.00849. The summed E-state index contributed by atoms with van der Waals surface area (Å²) in [4.78, 5) is 93.6. The van der Waals surface area contributed by atoms with Crippen LogP contribution in [0.2, 0.25) is 38.3 Å². The standard InChI is InChI=1S/C41H68N6O2P8.C40H66N2O2Si2.8C2H4O3.2CH4.2Co/c1-40(2,3)34-24-30(28(12-9-18-45-54-50)14-11-21-57(42)53)22-32(38(34)48)26-43-36-15-7-8-16-37(36)44-27-33-23-31(25-35(39(33)49)41(4,5)6)29(17-20-47-56-52)13-10-19-46-55-51;1-13-15-21-45(9,10)31-23-29(37(43)33(25-31)39(3,4)5)27-41-35-19-17-18-20-36(35)42-28-30-24-32(46(11,12)22-16-14-2)26-34(38(30)44)40(6,7)8;8*3-1-2(4)5;;;;/h22-29,36-37,42H,7-21,50-53H2,1-6H3,(H-,43,44,48,49);23-28,35-36,43-44H,13-22H2,1-12H3;8*3H,1H2,(H,4,5);2*1H4;;/p+1. The number of nitrogens with zero attached hydrogens (tertiary/aromatic N) is 7. The van der Waals surface area contributed by atoms with Crippen LogP contribution in [-0.4, -0.2) is 294 Å². The summed E-state index contributed by atoms with van der Waals surface area (Å²) >= 11 is 0. The van der Waals surface area contributed by atoms with Crippen LogP contribution >= 0.6 is 67.3 Å². The molecule has 0 saturated heterocycles. The van der Waals surface area contributed by atoms with Gasteiger partial charge in [0.15, 0.2) is 0 Å². The van der Waals surface area contributed by atoms with E-state index in [0.717, 1.165) is 191 Å². The summed E-state index contributed by atoms with van der Waals surface area (Å²) in [6.45, 7) is 36.6. The summed E-state index contributed by atoms with van der Waals surface area (Å²) in [5.41, 5.74) is 8.77. The molecule has 2 aliphatic carbocycles. The number of aliphatic imine (C=N–C) groups is 4. The number of aliphatic hydroxyl groups is 8. The summed E-state index contributed by atoms with van der Waals surface area (Å²) in [5, 5.41) is 177. The average molecular weight is 2350 g/mol. The van der Waals surface area contributed by atoms with Crippen molar-refractivity contribution in [2.45, 2.75) is 330 Å². The molecule has 0 amide bonds. The predicted molar refractivity (Wildman–Crippen MR) is 608 cm³/mol. The van der Waals surface area contributed by atoms with Crippen molar-refractivity contribution >= 4 is 166 Å². The monoisotopic (exact) mass is 2350 g/mol. The minimum absolute atomic E-state index is 0. The number of nitrogens with one attached hydrogen (secondary N) is 1. The summed E-state index contributed by atoms with van der Waals surface area (Å²) in [6, 6.07) is 20.3. The minimum atomic E-state index is -1.66. The van der Waals surface area contributed by atoms with Crippen molar-refractivity contribution in [2.75, 3.05) is 78.7 Å². The van der Waals surface area contributed by atoms with Crippen LogP contribution in [0.1, 0.15) is 301 Å². The van der Waals surface area contributed by atoms with E-state index in [1.165, 1.54) is 59.3 Å². The van der Waals surface area contributed by atoms with Gasteiger partial charge in [0.25, 0.3) is 0 Å². The van der Waals surface area contributed by atoms with E-state index >= 15 is 0 Å². The summed E-state index contributed by atoms with van der Waals surface area (Å²) in [6.07, 6.45) is 28.8. The molecule has 4 aromatic carbocycles. The Kier molecular flexibility index (Phi) is 90.4. The number of hydrogen-bond acceptors (Lipinski definition) is 28. The Bertz CT molecular complexity index is 4440. The molecule has 2 saturated carbocycles. The van der Waals surface area contributed by atoms with E-state index in [0.29, 0.717) is 34.8 Å². The molecule has 4 aromatic rings. The van der Waals surface area contributed by atoms with Gasteiger partial charge in [0.05, 0.1) is 40.3 Å². The van der Waals surface area contributed by atoms with E-state index in [4.69, 9.17) is 145 Å². The SMILES string of the molecule is C.C.CC(C)(C)c1cc(C(CCCN=PP)CCC[P+](=N)P)cc(C=NC2CCCCC2N=Cc2cc(C(CCCN=PP)CCN=PP)cc(C(C)(C)C)c2O)c1O.CCCC[Si](C)(C)c1cc(C=NC2CCCCC2N=Cc2cc([Si](C)(C)CCCC)cc(C(C)(C)C)c2O)c(O)c(C(C)(C)C)c1.O=C(O)CO.O=C(O)CO.O=C(O)CO.O=C(O)CO.O=C(O)CO.O=C(O)CO.O=C(O)CO.O=C(O)CO.[Co].[Co]. The first kappa shape index (κ1) is 156. The molecule has 48 heteroatoms. The smallest absolute Gasteiger partial charge is 0.329 e. The van der Waals surface area contributed by atoms with Gasteiger partial charge in [0, 0.05) is 136 Å². The average Bonchev–Trinajstić information content (AvgIpc) is 0.796. The second-order valence-corrected chi connectivity index (χ2v) is 55.6. The van der Waals surface area contributed by atoms with Crippen LogP contribution in [0.4, 0.5) is 0 Å². The van der Waals surface area contributed by atoms with Crippen LogP contribution in [0.5, 0.6) is 23.0 Å². The maximum Gasteiger partial charge on any atom is 0.329 e. The van der Waals surface area contributed by atoms with Crippen molar-refractivity contribution in [3.63, 3.8) is 0 Å². The Labute approximate surface area is 909 Å². The van der Waals surface area contributed by atoms with Crippen molar-refractivity contribution in [3.8, 4) is 23.0 Å². The van der Waals surface area contributed by atoms with Gasteiger partial charge >= 0.3 is 47.8 Å². The molecule has 36 nitrogen and oxygen atoms in total. The summed E-state index contributed by atoms with van der Waals surface area (Å²) in [7, 11) is 9.53. The first-order valence-corrected chi connectivity index (χ1v) is 64.2. The van der Waals surface area contributed by atoms with E-state index in [1.807, 2.05) is 24.9 Å². The third-order valence-corrected chi connectivity index (χ3v) is 33.2. The second-order valence-electron chi connectivity index (χ2n) is 39.0. The number of aliphatic carboxylic acids is 8. The second kappa shape index (κ2) is 85.2. The van der Waals surface area contributed by atoms with Crippen molar-refractivity contribution < 1.29 is 174 Å². The summed E-state index contributed by atoms with van der Waals surface area (Å²) in [5.74, 6) is -7.55. The van der Waals surface area contributed by atoms with Gasteiger partial charge in [-0.3, -0.25) is 34.2 Å². The van der Waals surface area contributed by atoms with Crippen molar-refractivity contribution in [1.29, 1.82) is 5.16 Å². The number of carbonyl (C=O) groups is 8. The molecule has 21 N–H and O–H groups in total. The third-order valence-electron chi connectivity index (χ3n) is 22.1. The van der Waals surface area contributed by atoms with Crippen LogP contribution in [0.15, 0.2) is 82.7 Å². The molecule has 0 aromatic heterocycles. The molecular weight excluding hydrogens is 2170 g/mol. The van der Waals surface area contributed by atoms with E-state index < -0.39 is 124 Å². The Morgan fingerprint density at radius 1 is 0.374 bits per heavy atom. The van der Waals surface area contributed by atoms with Gasteiger partial charge in [0.1, 0.15) is 90.9 Å². The van der Waals surface area contributed by atoms with Crippen molar-refractivity contribution in [1.82, 2.24) is 0 Å². The number of benzene rings is 4. The molecule has 11 unspecified atom stereocenters. The molecule has 0 aliphatic heterocycles. The van der Waals surface area contributed by atoms with E-state index in [9.17, 15) is 20.4 Å². The third kappa shape index (κ3) is 71.4. The Morgan fingerprint density at radius 3 is 0.796 bits per heavy atom. The van der Waals surface area contributed by atoms with E-state index in [1.54, 1.807) is 0 Å². The van der Waals surface area contributed by atoms with E-state index in [2.05, 4.69) is 222 Å². The number of carboxylic acids is 8. The van der Waals surface area contributed by atoms with E-state index in [-0.39, 0.29) is 94.2 Å². The summed E-state index contributed by atoms with van der Waals surface area (Å²) < 4.78 is 13.6. The number of phenols is 4. The zero-order valence-electron chi connectivity index (χ0n) is 87.3. The fraction of sp³-hybridized carbons (Fsp3) is 0.636. The van der Waals surface area contributed by atoms with Gasteiger partial charge in [-0.15, -0.1) is 5.16 Å². The Morgan fingerprint density at radius 2 is 0.585 bits per heavy atom. The van der Waals surface area contributed by atoms with Gasteiger partial charge in [0.2, 0.25) is 7.40 Å². The first-order valence-electron chi connectivity index (χ1n) is 47.3.